The molecule has 0 radical (unpaired) electrons. The van der Waals surface area contributed by atoms with Crippen LogP contribution in [-0.4, -0.2) is 50.4 Å². The summed E-state index contributed by atoms with van der Waals surface area (Å²) >= 11 is 1.46. The summed E-state index contributed by atoms with van der Waals surface area (Å²) in [6.45, 7) is 3.74. The third-order valence-corrected chi connectivity index (χ3v) is 5.81. The Bertz CT molecular complexity index is 1250. The van der Waals surface area contributed by atoms with Crippen LogP contribution >= 0.6 is 11.3 Å². The third-order valence-electron chi connectivity index (χ3n) is 5.05. The maximum Gasteiger partial charge on any atom is 0.258 e. The average molecular weight is 438 g/mol. The summed E-state index contributed by atoms with van der Waals surface area (Å²) in [5, 5.41) is 1.86. The number of rotatable bonds is 5. The predicted octanol–water partition coefficient (Wildman–Crippen LogP) is 2.80. The lowest BCUT2D eigenvalue weighted by atomic mass is 10.3. The van der Waals surface area contributed by atoms with E-state index >= 15 is 0 Å². The number of halogens is 1. The first-order chi connectivity index (χ1) is 15.1. The van der Waals surface area contributed by atoms with Crippen molar-refractivity contribution in [3.63, 3.8) is 0 Å². The molecule has 1 fully saturated rings. The zero-order valence-corrected chi connectivity index (χ0v) is 17.3. The fourth-order valence-corrected chi connectivity index (χ4v) is 4.21. The lowest BCUT2D eigenvalue weighted by molar-refractivity contribution is 0.246. The van der Waals surface area contributed by atoms with E-state index in [2.05, 4.69) is 24.8 Å². The third kappa shape index (κ3) is 4.39. The monoisotopic (exact) mass is 438 g/mol. The van der Waals surface area contributed by atoms with Gasteiger partial charge in [0.15, 0.2) is 4.96 Å². The molecule has 0 bridgehead atoms. The molecule has 3 aromatic heterocycles. The summed E-state index contributed by atoms with van der Waals surface area (Å²) in [6.07, 6.45) is 3.40. The minimum Gasteiger partial charge on any atom is -0.439 e. The molecule has 1 aromatic carbocycles. The summed E-state index contributed by atoms with van der Waals surface area (Å²) < 4.78 is 20.3. The van der Waals surface area contributed by atoms with Crippen molar-refractivity contribution in [3.8, 4) is 11.6 Å². The quantitative estimate of drug-likeness (QED) is 0.474. The van der Waals surface area contributed by atoms with E-state index in [0.29, 0.717) is 29.1 Å². The number of hydrogen-bond acceptors (Lipinski definition) is 8. The van der Waals surface area contributed by atoms with Gasteiger partial charge in [-0.25, -0.2) is 14.4 Å². The van der Waals surface area contributed by atoms with E-state index in [-0.39, 0.29) is 11.4 Å². The minimum absolute atomic E-state index is 0.0498. The highest BCUT2D eigenvalue weighted by Gasteiger charge is 2.20. The second-order valence-electron chi connectivity index (χ2n) is 7.16. The topological polar surface area (TPSA) is 75.9 Å². The highest BCUT2D eigenvalue weighted by atomic mass is 32.1. The number of hydrogen-bond donors (Lipinski definition) is 0. The molecule has 8 nitrogen and oxygen atoms in total. The van der Waals surface area contributed by atoms with Gasteiger partial charge in [-0.15, -0.1) is 11.3 Å². The normalized spacial score (nSPS) is 14.8. The van der Waals surface area contributed by atoms with Crippen LogP contribution in [0.2, 0.25) is 0 Å². The Balaban J connectivity index is 1.22. The van der Waals surface area contributed by atoms with Gasteiger partial charge in [-0.3, -0.25) is 14.1 Å². The first kappa shape index (κ1) is 19.6. The summed E-state index contributed by atoms with van der Waals surface area (Å²) in [4.78, 5) is 30.7. The van der Waals surface area contributed by atoms with Crippen molar-refractivity contribution in [1.29, 1.82) is 0 Å². The molecule has 1 saturated heterocycles. The first-order valence-corrected chi connectivity index (χ1v) is 10.7. The van der Waals surface area contributed by atoms with Crippen LogP contribution in [0.4, 0.5) is 10.3 Å². The Kier molecular flexibility index (Phi) is 5.31. The molecule has 0 aliphatic carbocycles. The standard InChI is InChI=1S/C21H19FN6O2S/c22-15-1-3-17(4-2-15)30-18-5-6-23-20(25-18)27-9-7-26(8-10-27)14-16-13-19(29)28-11-12-31-21(28)24-16/h1-6,11-13H,7-10,14H2. The van der Waals surface area contributed by atoms with E-state index in [1.165, 1.54) is 23.5 Å². The molecule has 1 aliphatic rings. The van der Waals surface area contributed by atoms with Crippen molar-refractivity contribution in [2.45, 2.75) is 6.54 Å². The van der Waals surface area contributed by atoms with Gasteiger partial charge in [0, 0.05) is 62.6 Å². The molecule has 10 heteroatoms. The summed E-state index contributed by atoms with van der Waals surface area (Å²) in [6, 6.07) is 9.08. The molecule has 0 unspecified atom stereocenters. The molecular formula is C21H19FN6O2S. The van der Waals surface area contributed by atoms with Crippen molar-refractivity contribution >= 4 is 22.2 Å². The number of ether oxygens (including phenoxy) is 1. The van der Waals surface area contributed by atoms with Crippen LogP contribution in [-0.2, 0) is 6.54 Å². The minimum atomic E-state index is -0.315. The molecule has 0 spiro atoms. The van der Waals surface area contributed by atoms with Crippen molar-refractivity contribution in [2.75, 3.05) is 31.1 Å². The van der Waals surface area contributed by atoms with Crippen molar-refractivity contribution in [1.82, 2.24) is 24.3 Å². The molecule has 1 aliphatic heterocycles. The molecular weight excluding hydrogens is 419 g/mol. The molecule has 0 N–H and O–H groups in total. The van der Waals surface area contributed by atoms with Gasteiger partial charge in [-0.05, 0) is 24.3 Å². The van der Waals surface area contributed by atoms with E-state index in [0.717, 1.165) is 31.9 Å². The molecule has 4 aromatic rings. The summed E-state index contributed by atoms with van der Waals surface area (Å²) in [5.41, 5.74) is 0.734. The Morgan fingerprint density at radius 3 is 2.68 bits per heavy atom. The lowest BCUT2D eigenvalue weighted by Gasteiger charge is -2.34. The van der Waals surface area contributed by atoms with Crippen molar-refractivity contribution in [2.24, 2.45) is 0 Å². The van der Waals surface area contributed by atoms with E-state index in [1.54, 1.807) is 41.1 Å². The van der Waals surface area contributed by atoms with Crippen molar-refractivity contribution in [3.05, 3.63) is 76.0 Å². The van der Waals surface area contributed by atoms with Crippen LogP contribution in [0.15, 0.2) is 59.0 Å². The van der Waals surface area contributed by atoms with Crippen molar-refractivity contribution < 1.29 is 9.13 Å². The van der Waals surface area contributed by atoms with E-state index in [1.807, 2.05) is 5.38 Å². The highest BCUT2D eigenvalue weighted by Crippen LogP contribution is 2.22. The number of anilines is 1. The molecule has 0 saturated carbocycles. The molecule has 4 heterocycles. The van der Waals surface area contributed by atoms with Gasteiger partial charge in [-0.2, -0.15) is 4.98 Å². The van der Waals surface area contributed by atoms with Gasteiger partial charge < -0.3 is 9.64 Å². The van der Waals surface area contributed by atoms with Crippen LogP contribution in [0, 0.1) is 5.82 Å². The first-order valence-electron chi connectivity index (χ1n) is 9.84. The number of benzene rings is 1. The maximum atomic E-state index is 13.1. The number of nitrogens with zero attached hydrogens (tertiary/aromatic N) is 6. The Hall–Kier alpha value is -3.37. The van der Waals surface area contributed by atoms with Crippen LogP contribution in [0.3, 0.4) is 0 Å². The van der Waals surface area contributed by atoms with Gasteiger partial charge in [-0.1, -0.05) is 0 Å². The molecule has 0 atom stereocenters. The SMILES string of the molecule is O=c1cc(CN2CCN(c3nccc(Oc4ccc(F)cc4)n3)CC2)nc2sccn12. The average Bonchev–Trinajstić information content (AvgIpc) is 3.25. The van der Waals surface area contributed by atoms with Crippen LogP contribution in [0.25, 0.3) is 4.96 Å². The van der Waals surface area contributed by atoms with Gasteiger partial charge in [0.2, 0.25) is 11.8 Å². The van der Waals surface area contributed by atoms with Gasteiger partial charge in [0.25, 0.3) is 5.56 Å². The summed E-state index contributed by atoms with van der Waals surface area (Å²) in [7, 11) is 0. The molecule has 31 heavy (non-hydrogen) atoms. The maximum absolute atomic E-state index is 13.1. The zero-order valence-electron chi connectivity index (χ0n) is 16.5. The number of thiazole rings is 1. The Morgan fingerprint density at radius 2 is 1.87 bits per heavy atom. The second kappa shape index (κ2) is 8.40. The Morgan fingerprint density at radius 1 is 1.06 bits per heavy atom. The molecule has 5 rings (SSSR count). The highest BCUT2D eigenvalue weighted by molar-refractivity contribution is 7.15. The fraction of sp³-hybridized carbons (Fsp3) is 0.238. The number of piperazine rings is 1. The Labute approximate surface area is 181 Å². The molecule has 0 amide bonds. The number of aromatic nitrogens is 4. The molecule has 158 valence electrons. The second-order valence-corrected chi connectivity index (χ2v) is 8.03. The zero-order chi connectivity index (χ0) is 21.2. The predicted molar refractivity (Wildman–Crippen MR) is 115 cm³/mol. The van der Waals surface area contributed by atoms with E-state index in [4.69, 9.17) is 4.74 Å². The van der Waals surface area contributed by atoms with Gasteiger partial charge in [0.05, 0.1) is 5.69 Å². The fourth-order valence-electron chi connectivity index (χ4n) is 3.47. The largest absolute Gasteiger partial charge is 0.439 e. The summed E-state index contributed by atoms with van der Waals surface area (Å²) in [5.74, 6) is 1.20. The van der Waals surface area contributed by atoms with E-state index in [9.17, 15) is 9.18 Å². The van der Waals surface area contributed by atoms with Gasteiger partial charge >= 0.3 is 0 Å². The number of fused-ring (bicyclic) bond motifs is 1. The van der Waals surface area contributed by atoms with Crippen LogP contribution in [0.1, 0.15) is 5.69 Å². The van der Waals surface area contributed by atoms with Crippen LogP contribution < -0.4 is 15.2 Å². The smallest absolute Gasteiger partial charge is 0.258 e. The van der Waals surface area contributed by atoms with Gasteiger partial charge in [0.1, 0.15) is 11.6 Å². The van der Waals surface area contributed by atoms with E-state index < -0.39 is 0 Å². The van der Waals surface area contributed by atoms with Crippen LogP contribution in [0.5, 0.6) is 11.6 Å². The lowest BCUT2D eigenvalue weighted by Crippen LogP contribution is -2.46.